The number of fused-ring (bicyclic) bond motifs is 1. The number of rotatable bonds is 3. The van der Waals surface area contributed by atoms with Crippen molar-refractivity contribution in [2.75, 3.05) is 26.8 Å². The molecule has 0 radical (unpaired) electrons. The number of aliphatic hydroxyl groups excluding tert-OH is 1. The third kappa shape index (κ3) is 2.13. The Balaban J connectivity index is 2.20. The summed E-state index contributed by atoms with van der Waals surface area (Å²) < 4.78 is 5.34. The molecule has 3 heteroatoms. The van der Waals surface area contributed by atoms with Gasteiger partial charge < -0.3 is 9.84 Å². The quantitative estimate of drug-likeness (QED) is 0.804. The molecule has 15 heavy (non-hydrogen) atoms. The first-order chi connectivity index (χ1) is 7.35. The van der Waals surface area contributed by atoms with Crippen molar-refractivity contribution in [2.45, 2.75) is 13.0 Å². The molecule has 1 aromatic rings. The smallest absolute Gasteiger partial charge is 0.122 e. The topological polar surface area (TPSA) is 32.7 Å². The summed E-state index contributed by atoms with van der Waals surface area (Å²) in [5.41, 5.74) is 2.66. The van der Waals surface area contributed by atoms with Gasteiger partial charge in [-0.2, -0.15) is 0 Å². The molecule has 1 aromatic carbocycles. The van der Waals surface area contributed by atoms with Crippen molar-refractivity contribution in [3.8, 4) is 5.75 Å². The van der Waals surface area contributed by atoms with Crippen molar-refractivity contribution in [1.82, 2.24) is 4.90 Å². The molecule has 0 spiro atoms. The van der Waals surface area contributed by atoms with E-state index in [2.05, 4.69) is 11.0 Å². The minimum absolute atomic E-state index is 0.235. The molecule has 82 valence electrons. The van der Waals surface area contributed by atoms with Crippen molar-refractivity contribution < 1.29 is 9.84 Å². The van der Waals surface area contributed by atoms with Crippen LogP contribution in [-0.2, 0) is 13.0 Å². The van der Waals surface area contributed by atoms with Crippen LogP contribution in [0.25, 0.3) is 0 Å². The molecular weight excluding hydrogens is 190 g/mol. The Morgan fingerprint density at radius 2 is 2.33 bits per heavy atom. The van der Waals surface area contributed by atoms with Crippen molar-refractivity contribution in [2.24, 2.45) is 0 Å². The molecule has 1 aliphatic rings. The predicted octanol–water partition coefficient (Wildman–Crippen LogP) is 1.05. The first kappa shape index (κ1) is 10.5. The van der Waals surface area contributed by atoms with Crippen LogP contribution in [0.5, 0.6) is 5.75 Å². The van der Waals surface area contributed by atoms with Gasteiger partial charge in [-0.1, -0.05) is 12.1 Å². The van der Waals surface area contributed by atoms with Gasteiger partial charge in [0.25, 0.3) is 0 Å². The molecule has 0 unspecified atom stereocenters. The number of hydrogen-bond acceptors (Lipinski definition) is 3. The molecule has 0 aliphatic carbocycles. The van der Waals surface area contributed by atoms with Crippen LogP contribution in [-0.4, -0.2) is 36.8 Å². The third-order valence-electron chi connectivity index (χ3n) is 2.94. The summed E-state index contributed by atoms with van der Waals surface area (Å²) in [7, 11) is 1.72. The standard InChI is InChI=1S/C12H17NO2/c1-15-12-4-2-3-10-9-13(7-8-14)6-5-11(10)12/h2-4,14H,5-9H2,1H3. The molecule has 0 atom stereocenters. The SMILES string of the molecule is COc1cccc2c1CCN(CCO)C2. The Kier molecular flexibility index (Phi) is 3.23. The zero-order valence-corrected chi connectivity index (χ0v) is 9.07. The average Bonchev–Trinajstić information content (AvgIpc) is 2.28. The van der Waals surface area contributed by atoms with Crippen molar-refractivity contribution in [3.05, 3.63) is 29.3 Å². The van der Waals surface area contributed by atoms with Crippen molar-refractivity contribution in [1.29, 1.82) is 0 Å². The van der Waals surface area contributed by atoms with Crippen LogP contribution in [0.1, 0.15) is 11.1 Å². The lowest BCUT2D eigenvalue weighted by atomic mass is 9.99. The lowest BCUT2D eigenvalue weighted by Gasteiger charge is -2.28. The minimum atomic E-state index is 0.235. The molecule has 0 amide bonds. The van der Waals surface area contributed by atoms with E-state index in [9.17, 15) is 0 Å². The molecule has 3 nitrogen and oxygen atoms in total. The second kappa shape index (κ2) is 4.64. The maximum absolute atomic E-state index is 8.90. The van der Waals surface area contributed by atoms with Gasteiger partial charge in [-0.25, -0.2) is 0 Å². The van der Waals surface area contributed by atoms with E-state index in [4.69, 9.17) is 9.84 Å². The Morgan fingerprint density at radius 3 is 3.07 bits per heavy atom. The largest absolute Gasteiger partial charge is 0.496 e. The maximum atomic E-state index is 8.90. The molecule has 1 heterocycles. The highest BCUT2D eigenvalue weighted by Crippen LogP contribution is 2.27. The molecule has 1 aliphatic heterocycles. The van der Waals surface area contributed by atoms with Crippen LogP contribution in [0.4, 0.5) is 0 Å². The molecule has 0 saturated heterocycles. The van der Waals surface area contributed by atoms with E-state index < -0.39 is 0 Å². The zero-order chi connectivity index (χ0) is 10.7. The number of benzene rings is 1. The molecule has 2 rings (SSSR count). The molecular formula is C12H17NO2. The lowest BCUT2D eigenvalue weighted by molar-refractivity contribution is 0.183. The van der Waals surface area contributed by atoms with E-state index in [1.165, 1.54) is 11.1 Å². The number of β-amino-alcohol motifs (C(OH)–C–C–N with tert-alkyl or cyclic N) is 1. The van der Waals surface area contributed by atoms with Crippen LogP contribution in [0, 0.1) is 0 Å². The van der Waals surface area contributed by atoms with Crippen LogP contribution < -0.4 is 4.74 Å². The van der Waals surface area contributed by atoms with Gasteiger partial charge in [-0.3, -0.25) is 4.90 Å². The summed E-state index contributed by atoms with van der Waals surface area (Å²) in [6.07, 6.45) is 1.01. The van der Waals surface area contributed by atoms with Crippen molar-refractivity contribution in [3.63, 3.8) is 0 Å². The Hall–Kier alpha value is -1.06. The van der Waals surface area contributed by atoms with Gasteiger partial charge in [0.05, 0.1) is 13.7 Å². The molecule has 0 saturated carbocycles. The summed E-state index contributed by atoms with van der Waals surface area (Å²) in [5, 5.41) is 8.90. The van der Waals surface area contributed by atoms with E-state index in [1.54, 1.807) is 7.11 Å². The summed E-state index contributed by atoms with van der Waals surface area (Å²) >= 11 is 0. The van der Waals surface area contributed by atoms with E-state index in [0.29, 0.717) is 0 Å². The highest BCUT2D eigenvalue weighted by atomic mass is 16.5. The summed E-state index contributed by atoms with van der Waals surface area (Å²) in [6, 6.07) is 6.18. The van der Waals surface area contributed by atoms with Gasteiger partial charge in [0, 0.05) is 19.6 Å². The van der Waals surface area contributed by atoms with Gasteiger partial charge in [-0.15, -0.1) is 0 Å². The monoisotopic (exact) mass is 207 g/mol. The zero-order valence-electron chi connectivity index (χ0n) is 9.07. The summed E-state index contributed by atoms with van der Waals surface area (Å²) in [5.74, 6) is 0.996. The van der Waals surface area contributed by atoms with E-state index in [-0.39, 0.29) is 6.61 Å². The Labute approximate surface area is 90.3 Å². The molecule has 0 bridgehead atoms. The summed E-state index contributed by atoms with van der Waals surface area (Å²) in [4.78, 5) is 2.27. The van der Waals surface area contributed by atoms with Gasteiger partial charge in [0.15, 0.2) is 0 Å². The second-order valence-electron chi connectivity index (χ2n) is 3.85. The fourth-order valence-electron chi connectivity index (χ4n) is 2.16. The number of methoxy groups -OCH3 is 1. The maximum Gasteiger partial charge on any atom is 0.122 e. The lowest BCUT2D eigenvalue weighted by Crippen LogP contribution is -2.32. The third-order valence-corrected chi connectivity index (χ3v) is 2.94. The normalized spacial score (nSPS) is 16.1. The van der Waals surface area contributed by atoms with E-state index in [0.717, 1.165) is 31.8 Å². The molecule has 1 N–H and O–H groups in total. The van der Waals surface area contributed by atoms with Crippen LogP contribution in [0.3, 0.4) is 0 Å². The minimum Gasteiger partial charge on any atom is -0.496 e. The van der Waals surface area contributed by atoms with Gasteiger partial charge in [0.2, 0.25) is 0 Å². The van der Waals surface area contributed by atoms with Gasteiger partial charge >= 0.3 is 0 Å². The second-order valence-corrected chi connectivity index (χ2v) is 3.85. The van der Waals surface area contributed by atoms with Crippen molar-refractivity contribution >= 4 is 0 Å². The van der Waals surface area contributed by atoms with Crippen LogP contribution >= 0.6 is 0 Å². The fraction of sp³-hybridized carbons (Fsp3) is 0.500. The van der Waals surface area contributed by atoms with Crippen LogP contribution in [0.2, 0.25) is 0 Å². The average molecular weight is 207 g/mol. The Morgan fingerprint density at radius 1 is 1.47 bits per heavy atom. The highest BCUT2D eigenvalue weighted by molar-refractivity contribution is 5.41. The first-order valence-electron chi connectivity index (χ1n) is 5.33. The van der Waals surface area contributed by atoms with Crippen LogP contribution in [0.15, 0.2) is 18.2 Å². The van der Waals surface area contributed by atoms with Gasteiger partial charge in [-0.05, 0) is 23.6 Å². The predicted molar refractivity (Wildman–Crippen MR) is 59.1 cm³/mol. The first-order valence-corrected chi connectivity index (χ1v) is 5.33. The number of nitrogens with zero attached hydrogens (tertiary/aromatic N) is 1. The number of ether oxygens (including phenoxy) is 1. The van der Waals surface area contributed by atoms with E-state index in [1.807, 2.05) is 12.1 Å². The van der Waals surface area contributed by atoms with Gasteiger partial charge in [0.1, 0.15) is 5.75 Å². The highest BCUT2D eigenvalue weighted by Gasteiger charge is 2.18. The Bertz CT molecular complexity index is 338. The molecule has 0 aromatic heterocycles. The fourth-order valence-corrected chi connectivity index (χ4v) is 2.16. The summed E-state index contributed by atoms with van der Waals surface area (Å²) in [6.45, 7) is 2.93. The number of hydrogen-bond donors (Lipinski definition) is 1. The molecule has 0 fully saturated rings. The number of aliphatic hydroxyl groups is 1. The van der Waals surface area contributed by atoms with E-state index >= 15 is 0 Å².